The first-order valence-corrected chi connectivity index (χ1v) is 15.5. The summed E-state index contributed by atoms with van der Waals surface area (Å²) in [6.07, 6.45) is 2.52. The predicted octanol–water partition coefficient (Wildman–Crippen LogP) is 5.16. The van der Waals surface area contributed by atoms with Crippen molar-refractivity contribution in [2.24, 2.45) is 0 Å². The molecular formula is C30H34N4O3S2. The fourth-order valence-electron chi connectivity index (χ4n) is 6.24. The smallest absolute Gasteiger partial charge is 0.250 e. The van der Waals surface area contributed by atoms with Crippen LogP contribution in [0.1, 0.15) is 19.8 Å². The van der Waals surface area contributed by atoms with Gasteiger partial charge in [0.15, 0.2) is 0 Å². The summed E-state index contributed by atoms with van der Waals surface area (Å²) in [6.45, 7) is 8.07. The van der Waals surface area contributed by atoms with Crippen LogP contribution in [0.4, 0.5) is 11.4 Å². The minimum Gasteiger partial charge on any atom is -0.381 e. The van der Waals surface area contributed by atoms with E-state index in [0.29, 0.717) is 31.3 Å². The molecule has 3 unspecified atom stereocenters. The van der Waals surface area contributed by atoms with E-state index in [1.54, 1.807) is 17.8 Å². The summed E-state index contributed by atoms with van der Waals surface area (Å²) < 4.78 is 11.3. The van der Waals surface area contributed by atoms with Gasteiger partial charge in [0.25, 0.3) is 0 Å². The summed E-state index contributed by atoms with van der Waals surface area (Å²) in [4.78, 5) is 25.5. The lowest BCUT2D eigenvalue weighted by Gasteiger charge is -2.36. The van der Waals surface area contributed by atoms with Gasteiger partial charge in [-0.15, -0.1) is 0 Å². The number of hydrogen-bond donors (Lipinski definition) is 2. The van der Waals surface area contributed by atoms with E-state index in [0.717, 1.165) is 55.5 Å². The van der Waals surface area contributed by atoms with E-state index >= 15 is 0 Å². The van der Waals surface area contributed by atoms with Crippen LogP contribution >= 0.6 is 23.5 Å². The van der Waals surface area contributed by atoms with Crippen molar-refractivity contribution in [3.63, 3.8) is 0 Å². The number of H-pyrrole nitrogens is 1. The van der Waals surface area contributed by atoms with E-state index in [1.165, 1.54) is 32.4 Å². The molecule has 0 aliphatic carbocycles. The van der Waals surface area contributed by atoms with Gasteiger partial charge in [0, 0.05) is 80.3 Å². The number of rotatable bonds is 6. The largest absolute Gasteiger partial charge is 0.381 e. The molecule has 3 aromatic rings. The van der Waals surface area contributed by atoms with Gasteiger partial charge in [-0.05, 0) is 50.1 Å². The second-order valence-corrected chi connectivity index (χ2v) is 13.0. The maximum absolute atomic E-state index is 12.6. The topological polar surface area (TPSA) is 69.8 Å². The number of benzene rings is 2. The summed E-state index contributed by atoms with van der Waals surface area (Å²) >= 11 is 3.60. The van der Waals surface area contributed by atoms with E-state index in [1.807, 2.05) is 11.8 Å². The van der Waals surface area contributed by atoms with Crippen molar-refractivity contribution in [3.8, 4) is 11.3 Å². The van der Waals surface area contributed by atoms with Crippen molar-refractivity contribution < 1.29 is 9.47 Å². The molecule has 2 N–H and O–H groups in total. The van der Waals surface area contributed by atoms with Gasteiger partial charge in [0.1, 0.15) is 0 Å². The van der Waals surface area contributed by atoms with Gasteiger partial charge in [-0.2, -0.15) is 0 Å². The van der Waals surface area contributed by atoms with Crippen LogP contribution in [0.5, 0.6) is 0 Å². The van der Waals surface area contributed by atoms with Crippen LogP contribution in [-0.2, 0) is 9.47 Å². The Morgan fingerprint density at radius 3 is 2.62 bits per heavy atom. The van der Waals surface area contributed by atoms with Gasteiger partial charge in [-0.25, -0.2) is 0 Å². The lowest BCUT2D eigenvalue weighted by atomic mass is 10.1. The van der Waals surface area contributed by atoms with Gasteiger partial charge in [-0.3, -0.25) is 9.69 Å². The van der Waals surface area contributed by atoms with Crippen LogP contribution in [0.3, 0.4) is 0 Å². The zero-order valence-electron chi connectivity index (χ0n) is 22.2. The standard InChI is InChI=1S/C30H34N4O3S2/c1-19(16-34-21-6-7-22(34)18-37-17-21)31-20-5-8-26-28(13-20)38-27-4-2-3-24(30(27)39-26)25-14-23(15-29(35)32-25)33-9-11-36-12-10-33/h2-5,8,13-15,19,21-22,31H,6-7,9-12,16-18H2,1H3,(H,32,35). The van der Waals surface area contributed by atoms with Crippen molar-refractivity contribution in [3.05, 3.63) is 58.9 Å². The molecule has 5 heterocycles. The van der Waals surface area contributed by atoms with E-state index in [4.69, 9.17) is 9.47 Å². The second-order valence-electron chi connectivity index (χ2n) is 10.9. The van der Waals surface area contributed by atoms with Gasteiger partial charge in [0.05, 0.1) is 32.1 Å². The lowest BCUT2D eigenvalue weighted by Crippen LogP contribution is -2.49. The number of aromatic amines is 1. The minimum absolute atomic E-state index is 0.0737. The maximum Gasteiger partial charge on any atom is 0.250 e. The number of hydrogen-bond acceptors (Lipinski definition) is 8. The van der Waals surface area contributed by atoms with Crippen molar-refractivity contribution in [1.29, 1.82) is 0 Å². The highest BCUT2D eigenvalue weighted by molar-refractivity contribution is 8.05. The summed E-state index contributed by atoms with van der Waals surface area (Å²) in [5, 5.41) is 3.75. The van der Waals surface area contributed by atoms with Gasteiger partial charge in [-0.1, -0.05) is 35.7 Å². The van der Waals surface area contributed by atoms with Crippen molar-refractivity contribution in [1.82, 2.24) is 9.88 Å². The van der Waals surface area contributed by atoms with Crippen LogP contribution in [-0.4, -0.2) is 74.1 Å². The molecule has 3 saturated heterocycles. The van der Waals surface area contributed by atoms with E-state index in [-0.39, 0.29) is 5.56 Å². The van der Waals surface area contributed by atoms with Crippen molar-refractivity contribution in [2.75, 3.05) is 56.3 Å². The Bertz CT molecular complexity index is 1410. The van der Waals surface area contributed by atoms with Crippen LogP contribution in [0, 0.1) is 0 Å². The average Bonchev–Trinajstić information content (AvgIpc) is 3.15. The number of ether oxygens (including phenoxy) is 2. The molecular weight excluding hydrogens is 528 g/mol. The highest BCUT2D eigenvalue weighted by atomic mass is 32.2. The number of nitrogens with zero attached hydrogens (tertiary/aromatic N) is 2. The van der Waals surface area contributed by atoms with Crippen LogP contribution < -0.4 is 15.8 Å². The first-order chi connectivity index (χ1) is 19.1. The molecule has 204 valence electrons. The Labute approximate surface area is 237 Å². The third-order valence-corrected chi connectivity index (χ3v) is 10.7. The molecule has 0 amide bonds. The normalized spacial score (nSPS) is 23.3. The molecule has 2 aromatic carbocycles. The van der Waals surface area contributed by atoms with Crippen molar-refractivity contribution >= 4 is 34.9 Å². The molecule has 7 rings (SSSR count). The predicted molar refractivity (Wildman–Crippen MR) is 158 cm³/mol. The molecule has 0 radical (unpaired) electrons. The first kappa shape index (κ1) is 25.5. The van der Waals surface area contributed by atoms with Crippen LogP contribution in [0.2, 0.25) is 0 Å². The molecule has 4 aliphatic rings. The second kappa shape index (κ2) is 10.9. The maximum atomic E-state index is 12.6. The highest BCUT2D eigenvalue weighted by Gasteiger charge is 2.37. The fraction of sp³-hybridized carbons (Fsp3) is 0.433. The molecule has 3 atom stereocenters. The zero-order chi connectivity index (χ0) is 26.3. The van der Waals surface area contributed by atoms with E-state index in [2.05, 4.69) is 69.5 Å². The van der Waals surface area contributed by atoms with Gasteiger partial charge in [0.2, 0.25) is 5.56 Å². The van der Waals surface area contributed by atoms with Crippen molar-refractivity contribution in [2.45, 2.75) is 57.5 Å². The molecule has 3 fully saturated rings. The minimum atomic E-state index is -0.0737. The molecule has 7 nitrogen and oxygen atoms in total. The lowest BCUT2D eigenvalue weighted by molar-refractivity contribution is -0.0153. The molecule has 9 heteroatoms. The Hall–Kier alpha value is -2.43. The number of anilines is 2. The molecule has 4 aliphatic heterocycles. The zero-order valence-corrected chi connectivity index (χ0v) is 23.8. The van der Waals surface area contributed by atoms with E-state index in [9.17, 15) is 4.79 Å². The Morgan fingerprint density at radius 2 is 1.79 bits per heavy atom. The number of pyridine rings is 1. The first-order valence-electron chi connectivity index (χ1n) is 13.9. The molecule has 39 heavy (non-hydrogen) atoms. The third-order valence-electron chi connectivity index (χ3n) is 8.14. The van der Waals surface area contributed by atoms with Gasteiger partial charge >= 0.3 is 0 Å². The van der Waals surface area contributed by atoms with Crippen LogP contribution in [0.25, 0.3) is 11.3 Å². The molecule has 0 spiro atoms. The average molecular weight is 563 g/mol. The Kier molecular flexibility index (Phi) is 7.11. The monoisotopic (exact) mass is 562 g/mol. The van der Waals surface area contributed by atoms with E-state index < -0.39 is 0 Å². The highest BCUT2D eigenvalue weighted by Crippen LogP contribution is 2.52. The third kappa shape index (κ3) is 5.23. The number of nitrogens with one attached hydrogen (secondary N) is 2. The molecule has 2 bridgehead atoms. The molecule has 0 saturated carbocycles. The summed E-state index contributed by atoms with van der Waals surface area (Å²) in [7, 11) is 0. The number of aromatic nitrogens is 1. The van der Waals surface area contributed by atoms with Crippen LogP contribution in [0.15, 0.2) is 72.9 Å². The number of morpholine rings is 2. The summed E-state index contributed by atoms with van der Waals surface area (Å²) in [5.74, 6) is 0. The van der Waals surface area contributed by atoms with Gasteiger partial charge < -0.3 is 24.7 Å². The molecule has 1 aromatic heterocycles. The summed E-state index contributed by atoms with van der Waals surface area (Å²) in [6, 6.07) is 18.4. The quantitative estimate of drug-likeness (QED) is 0.334. The fourth-order valence-corrected chi connectivity index (χ4v) is 8.65. The SMILES string of the molecule is CC(CN1C2CCC1COC2)Nc1ccc2c(c1)Sc1cccc(-c3cc(N4CCOCC4)cc(=O)[nH]3)c1S2. The Balaban J connectivity index is 1.10. The number of fused-ring (bicyclic) bond motifs is 4. The Morgan fingerprint density at radius 1 is 0.974 bits per heavy atom. The summed E-state index contributed by atoms with van der Waals surface area (Å²) in [5.41, 5.74) is 3.98.